The number of piperazine rings is 1. The number of aryl methyl sites for hydroxylation is 1. The molecule has 0 bridgehead atoms. The van der Waals surface area contributed by atoms with Crippen molar-refractivity contribution >= 4 is 34.3 Å². The summed E-state index contributed by atoms with van der Waals surface area (Å²) in [4.78, 5) is 22.0. The van der Waals surface area contributed by atoms with Gasteiger partial charge in [0, 0.05) is 78.3 Å². The number of alkyl halides is 3. The predicted molar refractivity (Wildman–Crippen MR) is 152 cm³/mol. The molecule has 5 rings (SSSR count). The average molecular weight is 569 g/mol. The summed E-state index contributed by atoms with van der Waals surface area (Å²) in [6.07, 6.45) is -2.54. The highest BCUT2D eigenvalue weighted by atomic mass is 32.2. The first-order valence-corrected chi connectivity index (χ1v) is 14.1. The fourth-order valence-electron chi connectivity index (χ4n) is 4.70. The summed E-state index contributed by atoms with van der Waals surface area (Å²) in [7, 11) is 2.01. The zero-order valence-electron chi connectivity index (χ0n) is 22.4. The van der Waals surface area contributed by atoms with Gasteiger partial charge >= 0.3 is 6.18 Å². The molecule has 0 aliphatic carbocycles. The Morgan fingerprint density at radius 2 is 1.88 bits per heavy atom. The number of nitrogens with one attached hydrogen (secondary N) is 2. The number of thioether (sulfide) groups is 1. The van der Waals surface area contributed by atoms with E-state index in [1.54, 1.807) is 12.3 Å². The zero-order valence-corrected chi connectivity index (χ0v) is 23.2. The summed E-state index contributed by atoms with van der Waals surface area (Å²) in [5.41, 5.74) is 3.24. The topological polar surface area (TPSA) is 77.2 Å². The number of carbonyl (C=O) groups is 1. The number of fused-ring (bicyclic) bond motifs is 1. The number of likely N-dealkylation sites (N-methyl/N-ethyl adjacent to an activating group) is 1. The van der Waals surface area contributed by atoms with Crippen LogP contribution in [0.2, 0.25) is 0 Å². The van der Waals surface area contributed by atoms with Crippen molar-refractivity contribution < 1.29 is 18.0 Å². The van der Waals surface area contributed by atoms with Gasteiger partial charge in [-0.15, -0.1) is 11.8 Å². The first-order valence-electron chi connectivity index (χ1n) is 13.1. The number of H-pyrrole nitrogens is 1. The summed E-state index contributed by atoms with van der Waals surface area (Å²) in [5, 5.41) is 11.1. The van der Waals surface area contributed by atoms with E-state index in [9.17, 15) is 18.0 Å². The number of nitrogens with zero attached hydrogens (tertiary/aromatic N) is 4. The van der Waals surface area contributed by atoms with Gasteiger partial charge in [0.25, 0.3) is 0 Å². The number of benzene rings is 2. The molecule has 1 aliphatic rings. The normalized spacial score (nSPS) is 15.0. The molecule has 1 saturated heterocycles. The van der Waals surface area contributed by atoms with Crippen molar-refractivity contribution in [3.05, 3.63) is 71.5 Å². The minimum atomic E-state index is -4.50. The van der Waals surface area contributed by atoms with Crippen molar-refractivity contribution in [1.82, 2.24) is 25.0 Å². The number of hydrogen-bond donors (Lipinski definition) is 2. The van der Waals surface area contributed by atoms with Crippen molar-refractivity contribution in [1.29, 1.82) is 0 Å². The van der Waals surface area contributed by atoms with E-state index in [0.717, 1.165) is 65.0 Å². The van der Waals surface area contributed by atoms with Gasteiger partial charge in [-0.25, -0.2) is 0 Å². The molecule has 11 heteroatoms. The third-order valence-corrected chi connectivity index (χ3v) is 8.00. The minimum absolute atomic E-state index is 0.154. The lowest BCUT2D eigenvalue weighted by atomic mass is 10.0. The number of amides is 1. The van der Waals surface area contributed by atoms with E-state index in [0.29, 0.717) is 5.75 Å². The third-order valence-electron chi connectivity index (χ3n) is 7.01. The van der Waals surface area contributed by atoms with Crippen molar-refractivity contribution in [3.63, 3.8) is 0 Å². The molecule has 0 unspecified atom stereocenters. The Labute approximate surface area is 235 Å². The number of aromatic amines is 1. The van der Waals surface area contributed by atoms with Gasteiger partial charge in [0.2, 0.25) is 5.91 Å². The summed E-state index contributed by atoms with van der Waals surface area (Å²) < 4.78 is 41.5. The van der Waals surface area contributed by atoms with Crippen LogP contribution in [0.5, 0.6) is 0 Å². The molecule has 4 aromatic rings. The summed E-state index contributed by atoms with van der Waals surface area (Å²) >= 11 is 1.50. The smallest absolute Gasteiger partial charge is 0.326 e. The number of anilines is 1. The monoisotopic (exact) mass is 568 g/mol. The largest absolute Gasteiger partial charge is 0.416 e. The maximum Gasteiger partial charge on any atom is 0.416 e. The lowest BCUT2D eigenvalue weighted by molar-refractivity contribution is -0.138. The molecule has 210 valence electrons. The Kier molecular flexibility index (Phi) is 8.43. The number of carbonyl (C=O) groups excluding carboxylic acids is 1. The Balaban J connectivity index is 1.17. The second-order valence-corrected chi connectivity index (χ2v) is 11.2. The van der Waals surface area contributed by atoms with Crippen LogP contribution in [0, 0.1) is 6.92 Å². The van der Waals surface area contributed by atoms with Crippen molar-refractivity contribution in [2.24, 2.45) is 0 Å². The van der Waals surface area contributed by atoms with Gasteiger partial charge in [0.05, 0.1) is 11.1 Å². The first-order chi connectivity index (χ1) is 19.2. The van der Waals surface area contributed by atoms with Crippen molar-refractivity contribution in [3.8, 4) is 11.3 Å². The Morgan fingerprint density at radius 1 is 1.07 bits per heavy atom. The van der Waals surface area contributed by atoms with E-state index in [2.05, 4.69) is 25.4 Å². The van der Waals surface area contributed by atoms with Crippen molar-refractivity contribution in [2.45, 2.75) is 31.0 Å². The zero-order chi connectivity index (χ0) is 28.3. The summed E-state index contributed by atoms with van der Waals surface area (Å²) in [6, 6.07) is 13.9. The van der Waals surface area contributed by atoms with E-state index in [1.807, 2.05) is 49.2 Å². The highest BCUT2D eigenvalue weighted by Crippen LogP contribution is 2.35. The summed E-state index contributed by atoms with van der Waals surface area (Å²) in [6.45, 7) is 5.27. The molecule has 1 aliphatic heterocycles. The number of hydrogen-bond acceptors (Lipinski definition) is 6. The van der Waals surface area contributed by atoms with Gasteiger partial charge in [-0.3, -0.25) is 19.8 Å². The highest BCUT2D eigenvalue weighted by Gasteiger charge is 2.34. The lowest BCUT2D eigenvalue weighted by Crippen LogP contribution is -2.44. The molecular weight excluding hydrogens is 537 g/mol. The maximum absolute atomic E-state index is 13.8. The third kappa shape index (κ3) is 6.83. The van der Waals surface area contributed by atoms with Crippen LogP contribution < -0.4 is 5.32 Å². The fraction of sp³-hybridized carbons (Fsp3) is 0.345. The number of halogens is 3. The predicted octanol–water partition coefficient (Wildman–Crippen LogP) is 5.82. The van der Waals surface area contributed by atoms with Crippen LogP contribution in [0.25, 0.3) is 22.2 Å². The Morgan fingerprint density at radius 3 is 2.60 bits per heavy atom. The van der Waals surface area contributed by atoms with Gasteiger partial charge < -0.3 is 10.2 Å². The lowest BCUT2D eigenvalue weighted by Gasteiger charge is -2.33. The number of aromatic nitrogens is 3. The highest BCUT2D eigenvalue weighted by molar-refractivity contribution is 7.99. The molecule has 0 spiro atoms. The van der Waals surface area contributed by atoms with Gasteiger partial charge in [-0.2, -0.15) is 18.3 Å². The molecule has 40 heavy (non-hydrogen) atoms. The standard InChI is InChI=1S/C29H31F3N6OS/c1-19-3-4-20(17-33-19)28-24-8-7-23(16-26(24)35-36-28)40-14-9-27(39)34-22-6-5-21(25(15-22)29(30,31)32)18-38-12-10-37(2)11-13-38/h3-8,15-17H,9-14,18H2,1-2H3,(H,34,39)(H,35,36). The van der Waals surface area contributed by atoms with Crippen LogP contribution >= 0.6 is 11.8 Å². The average Bonchev–Trinajstić information content (AvgIpc) is 3.34. The molecule has 2 aromatic carbocycles. The van der Waals surface area contributed by atoms with Gasteiger partial charge in [-0.1, -0.05) is 6.07 Å². The van der Waals surface area contributed by atoms with Crippen molar-refractivity contribution in [2.75, 3.05) is 44.3 Å². The minimum Gasteiger partial charge on any atom is -0.326 e. The van der Waals surface area contributed by atoms with E-state index in [4.69, 9.17) is 0 Å². The molecule has 2 aromatic heterocycles. The fourth-order valence-corrected chi connectivity index (χ4v) is 5.59. The summed E-state index contributed by atoms with van der Waals surface area (Å²) in [5.74, 6) is 0.151. The first kappa shape index (κ1) is 28.1. The second-order valence-electron chi connectivity index (χ2n) is 10.1. The molecule has 1 fully saturated rings. The molecular formula is C29H31F3N6OS. The van der Waals surface area contributed by atoms with Crippen LogP contribution in [0.15, 0.2) is 59.6 Å². The van der Waals surface area contributed by atoms with E-state index in [1.165, 1.54) is 17.8 Å². The van der Waals surface area contributed by atoms with E-state index < -0.39 is 11.7 Å². The number of rotatable bonds is 8. The van der Waals surface area contributed by atoms with Gasteiger partial charge in [-0.05, 0) is 62.0 Å². The van der Waals surface area contributed by atoms with Crippen LogP contribution in [0.1, 0.15) is 23.2 Å². The van der Waals surface area contributed by atoms with E-state index >= 15 is 0 Å². The molecule has 2 N–H and O–H groups in total. The number of pyridine rings is 1. The van der Waals surface area contributed by atoms with Crippen LogP contribution in [0.3, 0.4) is 0 Å². The molecule has 1 amide bonds. The SMILES string of the molecule is Cc1ccc(-c2n[nH]c3cc(SCCC(=O)Nc4ccc(CN5CCN(C)CC5)c(C(F)(F)F)c4)ccc23)cn1. The van der Waals surface area contributed by atoms with Gasteiger partial charge in [0.15, 0.2) is 0 Å². The van der Waals surface area contributed by atoms with Gasteiger partial charge in [0.1, 0.15) is 5.69 Å². The second kappa shape index (κ2) is 12.0. The van der Waals surface area contributed by atoms with Crippen LogP contribution in [-0.4, -0.2) is 69.9 Å². The van der Waals surface area contributed by atoms with Crippen LogP contribution in [-0.2, 0) is 17.5 Å². The molecule has 0 saturated carbocycles. The van der Waals surface area contributed by atoms with Crippen LogP contribution in [0.4, 0.5) is 18.9 Å². The molecule has 0 atom stereocenters. The quantitative estimate of drug-likeness (QED) is 0.261. The molecule has 7 nitrogen and oxygen atoms in total. The molecule has 0 radical (unpaired) electrons. The van der Waals surface area contributed by atoms with E-state index in [-0.39, 0.29) is 30.1 Å². The Hall–Kier alpha value is -3.41. The Bertz CT molecular complexity index is 1480. The maximum atomic E-state index is 13.8. The molecule has 3 heterocycles.